The number of esters is 1. The van der Waals surface area contributed by atoms with Gasteiger partial charge in [-0.1, -0.05) is 0 Å². The maximum atomic E-state index is 11.4. The molecule has 4 nitrogen and oxygen atoms in total. The number of rotatable bonds is 5. The second-order valence-corrected chi connectivity index (χ2v) is 3.35. The Balaban J connectivity index is 2.55. The van der Waals surface area contributed by atoms with E-state index in [4.69, 9.17) is 9.47 Å². The molecule has 88 valence electrons. The molecule has 0 heterocycles. The zero-order valence-corrected chi connectivity index (χ0v) is 9.82. The van der Waals surface area contributed by atoms with Gasteiger partial charge in [-0.3, -0.25) is 0 Å². The predicted octanol–water partition coefficient (Wildman–Crippen LogP) is 2.06. The largest absolute Gasteiger partial charge is 0.497 e. The molecule has 1 unspecified atom stereocenters. The first kappa shape index (κ1) is 12.4. The predicted molar refractivity (Wildman–Crippen MR) is 62.7 cm³/mol. The third-order valence-corrected chi connectivity index (χ3v) is 2.11. The maximum Gasteiger partial charge on any atom is 0.328 e. The van der Waals surface area contributed by atoms with E-state index in [1.165, 1.54) is 0 Å². The van der Waals surface area contributed by atoms with Crippen LogP contribution in [0.25, 0.3) is 0 Å². The van der Waals surface area contributed by atoms with Gasteiger partial charge in [0.25, 0.3) is 0 Å². The molecule has 0 aliphatic heterocycles. The SMILES string of the molecule is CCOC(=O)C(C)Nc1ccc(OC)cc1. The molecule has 0 amide bonds. The van der Waals surface area contributed by atoms with Crippen molar-refractivity contribution in [3.8, 4) is 5.75 Å². The van der Waals surface area contributed by atoms with Crippen molar-refractivity contribution in [1.29, 1.82) is 0 Å². The Morgan fingerprint density at radius 3 is 2.50 bits per heavy atom. The van der Waals surface area contributed by atoms with Crippen LogP contribution >= 0.6 is 0 Å². The van der Waals surface area contributed by atoms with E-state index in [9.17, 15) is 4.79 Å². The normalized spacial score (nSPS) is 11.7. The van der Waals surface area contributed by atoms with Crippen LogP contribution in [-0.2, 0) is 9.53 Å². The van der Waals surface area contributed by atoms with E-state index in [0.29, 0.717) is 6.61 Å². The van der Waals surface area contributed by atoms with Crippen LogP contribution in [0.15, 0.2) is 24.3 Å². The third-order valence-electron chi connectivity index (χ3n) is 2.11. The average Bonchev–Trinajstić information content (AvgIpc) is 2.30. The van der Waals surface area contributed by atoms with Gasteiger partial charge in [0.15, 0.2) is 0 Å². The number of hydrogen-bond donors (Lipinski definition) is 1. The van der Waals surface area contributed by atoms with Crippen LogP contribution in [0.1, 0.15) is 13.8 Å². The maximum absolute atomic E-state index is 11.4. The molecule has 0 aliphatic carbocycles. The molecular weight excluding hydrogens is 206 g/mol. The molecule has 0 spiro atoms. The van der Waals surface area contributed by atoms with E-state index in [1.807, 2.05) is 24.3 Å². The molecular formula is C12H17NO3. The van der Waals surface area contributed by atoms with Crippen LogP contribution in [0.5, 0.6) is 5.75 Å². The number of anilines is 1. The summed E-state index contributed by atoms with van der Waals surface area (Å²) >= 11 is 0. The first-order valence-electron chi connectivity index (χ1n) is 5.24. The summed E-state index contributed by atoms with van der Waals surface area (Å²) in [7, 11) is 1.61. The molecule has 1 aromatic rings. The van der Waals surface area contributed by atoms with Crippen LogP contribution in [0.3, 0.4) is 0 Å². The van der Waals surface area contributed by atoms with Crippen molar-refractivity contribution in [2.75, 3.05) is 19.0 Å². The van der Waals surface area contributed by atoms with E-state index in [1.54, 1.807) is 21.0 Å². The minimum atomic E-state index is -0.353. The zero-order chi connectivity index (χ0) is 12.0. The third kappa shape index (κ3) is 3.46. The van der Waals surface area contributed by atoms with Crippen molar-refractivity contribution in [2.45, 2.75) is 19.9 Å². The average molecular weight is 223 g/mol. The first-order valence-corrected chi connectivity index (χ1v) is 5.24. The Kier molecular flexibility index (Phi) is 4.64. The Bertz CT molecular complexity index is 335. The monoisotopic (exact) mass is 223 g/mol. The van der Waals surface area contributed by atoms with Gasteiger partial charge in [-0.2, -0.15) is 0 Å². The van der Waals surface area contributed by atoms with Gasteiger partial charge in [-0.25, -0.2) is 4.79 Å². The lowest BCUT2D eigenvalue weighted by atomic mass is 10.2. The lowest BCUT2D eigenvalue weighted by molar-refractivity contribution is -0.143. The quantitative estimate of drug-likeness (QED) is 0.776. The summed E-state index contributed by atoms with van der Waals surface area (Å²) in [6.45, 7) is 3.95. The van der Waals surface area contributed by atoms with Gasteiger partial charge >= 0.3 is 5.97 Å². The van der Waals surface area contributed by atoms with Crippen molar-refractivity contribution >= 4 is 11.7 Å². The van der Waals surface area contributed by atoms with E-state index >= 15 is 0 Å². The topological polar surface area (TPSA) is 47.6 Å². The van der Waals surface area contributed by atoms with Gasteiger partial charge in [0.1, 0.15) is 11.8 Å². The van der Waals surface area contributed by atoms with Crippen molar-refractivity contribution in [1.82, 2.24) is 0 Å². The highest BCUT2D eigenvalue weighted by Crippen LogP contribution is 2.15. The molecule has 1 aromatic carbocycles. The van der Waals surface area contributed by atoms with Gasteiger partial charge in [0.2, 0.25) is 0 Å². The summed E-state index contributed by atoms with van der Waals surface area (Å²) in [5.74, 6) is 0.535. The lowest BCUT2D eigenvalue weighted by Crippen LogP contribution is -2.28. The van der Waals surface area contributed by atoms with E-state index in [2.05, 4.69) is 5.32 Å². The Labute approximate surface area is 95.6 Å². The molecule has 0 aliphatic rings. The number of methoxy groups -OCH3 is 1. The van der Waals surface area contributed by atoms with Gasteiger partial charge in [-0.05, 0) is 38.1 Å². The van der Waals surface area contributed by atoms with Crippen LogP contribution in [0.2, 0.25) is 0 Å². The van der Waals surface area contributed by atoms with Crippen molar-refractivity contribution in [2.24, 2.45) is 0 Å². The second kappa shape index (κ2) is 6.00. The van der Waals surface area contributed by atoms with Crippen LogP contribution in [-0.4, -0.2) is 25.7 Å². The molecule has 4 heteroatoms. The Morgan fingerprint density at radius 1 is 1.38 bits per heavy atom. The summed E-state index contributed by atoms with van der Waals surface area (Å²) in [5, 5.41) is 3.05. The van der Waals surface area contributed by atoms with Gasteiger partial charge in [-0.15, -0.1) is 0 Å². The highest BCUT2D eigenvalue weighted by molar-refractivity contribution is 5.78. The van der Waals surface area contributed by atoms with Crippen molar-refractivity contribution in [3.05, 3.63) is 24.3 Å². The lowest BCUT2D eigenvalue weighted by Gasteiger charge is -2.13. The highest BCUT2D eigenvalue weighted by Gasteiger charge is 2.12. The number of benzene rings is 1. The Morgan fingerprint density at radius 2 is 2.00 bits per heavy atom. The second-order valence-electron chi connectivity index (χ2n) is 3.35. The fraction of sp³-hybridized carbons (Fsp3) is 0.417. The van der Waals surface area contributed by atoms with Crippen molar-refractivity contribution in [3.63, 3.8) is 0 Å². The molecule has 0 radical (unpaired) electrons. The first-order chi connectivity index (χ1) is 7.67. The molecule has 0 aromatic heterocycles. The molecule has 0 fully saturated rings. The minimum Gasteiger partial charge on any atom is -0.497 e. The Hall–Kier alpha value is -1.71. The number of hydrogen-bond acceptors (Lipinski definition) is 4. The molecule has 0 saturated carbocycles. The smallest absolute Gasteiger partial charge is 0.328 e. The summed E-state index contributed by atoms with van der Waals surface area (Å²) in [5.41, 5.74) is 0.862. The molecule has 1 atom stereocenters. The van der Waals surface area contributed by atoms with Gasteiger partial charge < -0.3 is 14.8 Å². The van der Waals surface area contributed by atoms with E-state index < -0.39 is 0 Å². The number of nitrogens with one attached hydrogen (secondary N) is 1. The van der Waals surface area contributed by atoms with E-state index in [0.717, 1.165) is 11.4 Å². The summed E-state index contributed by atoms with van der Waals surface area (Å²) in [6.07, 6.45) is 0. The molecule has 0 saturated heterocycles. The van der Waals surface area contributed by atoms with Crippen LogP contribution in [0, 0.1) is 0 Å². The van der Waals surface area contributed by atoms with Gasteiger partial charge in [0, 0.05) is 5.69 Å². The minimum absolute atomic E-state index is 0.252. The summed E-state index contributed by atoms with van der Waals surface area (Å²) in [6, 6.07) is 7.03. The van der Waals surface area contributed by atoms with E-state index in [-0.39, 0.29) is 12.0 Å². The van der Waals surface area contributed by atoms with Crippen molar-refractivity contribution < 1.29 is 14.3 Å². The standard InChI is InChI=1S/C12H17NO3/c1-4-16-12(14)9(2)13-10-5-7-11(15-3)8-6-10/h5-9,13H,4H2,1-3H3. The summed E-state index contributed by atoms with van der Waals surface area (Å²) in [4.78, 5) is 11.4. The number of carbonyl (C=O) groups excluding carboxylic acids is 1. The number of carbonyl (C=O) groups is 1. The van der Waals surface area contributed by atoms with Crippen LogP contribution in [0.4, 0.5) is 5.69 Å². The molecule has 16 heavy (non-hydrogen) atoms. The molecule has 1 N–H and O–H groups in total. The summed E-state index contributed by atoms with van der Waals surface area (Å²) < 4.78 is 9.94. The fourth-order valence-electron chi connectivity index (χ4n) is 1.26. The van der Waals surface area contributed by atoms with Crippen LogP contribution < -0.4 is 10.1 Å². The highest BCUT2D eigenvalue weighted by atomic mass is 16.5. The molecule has 1 rings (SSSR count). The fourth-order valence-corrected chi connectivity index (χ4v) is 1.26. The number of ether oxygens (including phenoxy) is 2. The van der Waals surface area contributed by atoms with Gasteiger partial charge in [0.05, 0.1) is 13.7 Å². The zero-order valence-electron chi connectivity index (χ0n) is 9.82. The molecule has 0 bridgehead atoms.